The molecule has 0 saturated carbocycles. The summed E-state index contributed by atoms with van der Waals surface area (Å²) in [6.07, 6.45) is 6.80. The molecule has 1 aromatic carbocycles. The van der Waals surface area contributed by atoms with E-state index < -0.39 is 0 Å². The number of aryl methyl sites for hydroxylation is 1. The van der Waals surface area contributed by atoms with Gasteiger partial charge in [-0.1, -0.05) is 30.4 Å². The van der Waals surface area contributed by atoms with Gasteiger partial charge in [0, 0.05) is 24.4 Å². The first-order chi connectivity index (χ1) is 9.70. The monoisotopic (exact) mass is 269 g/mol. The topological polar surface area (TPSA) is 72.7 Å². The summed E-state index contributed by atoms with van der Waals surface area (Å²) >= 11 is 0. The molecule has 1 heterocycles. The molecule has 0 aliphatic heterocycles. The summed E-state index contributed by atoms with van der Waals surface area (Å²) in [6, 6.07) is 7.37. The second kappa shape index (κ2) is 6.42. The molecule has 0 aliphatic carbocycles. The number of aromatic nitrogens is 4. The lowest BCUT2D eigenvalue weighted by Gasteiger charge is -2.04. The normalized spacial score (nSPS) is 11.3. The number of carbonyl (C=O) groups is 1. The van der Waals surface area contributed by atoms with Gasteiger partial charge in [0.2, 0.25) is 5.91 Å². The fraction of sp³-hybridized carbons (Fsp3) is 0.143. The standard InChI is InChI=1S/C14H15N5O/c1-3-4-5-9-13(20)15-12-8-6-7-11(10-12)14-16-17-18-19(14)2/h3-10H,1-2H3,(H,15,20)/b4-3+,9-5+. The number of hydrogen-bond acceptors (Lipinski definition) is 4. The Kier molecular flexibility index (Phi) is 4.39. The average Bonchev–Trinajstić information content (AvgIpc) is 2.85. The maximum absolute atomic E-state index is 11.7. The van der Waals surface area contributed by atoms with Gasteiger partial charge in [-0.2, -0.15) is 0 Å². The van der Waals surface area contributed by atoms with Crippen molar-refractivity contribution in [3.8, 4) is 11.4 Å². The molecule has 0 unspecified atom stereocenters. The van der Waals surface area contributed by atoms with Crippen LogP contribution >= 0.6 is 0 Å². The third kappa shape index (κ3) is 3.38. The number of allylic oxidation sites excluding steroid dienone is 3. The number of tetrazole rings is 1. The first-order valence-electron chi connectivity index (χ1n) is 6.14. The lowest BCUT2D eigenvalue weighted by atomic mass is 10.2. The highest BCUT2D eigenvalue weighted by molar-refractivity contribution is 5.99. The minimum absolute atomic E-state index is 0.184. The molecule has 0 bridgehead atoms. The van der Waals surface area contributed by atoms with Crippen LogP contribution in [0.15, 0.2) is 48.6 Å². The maximum Gasteiger partial charge on any atom is 0.248 e. The van der Waals surface area contributed by atoms with Crippen LogP contribution in [0.1, 0.15) is 6.92 Å². The quantitative estimate of drug-likeness (QED) is 0.680. The highest BCUT2D eigenvalue weighted by Gasteiger charge is 2.06. The molecule has 0 aliphatic rings. The van der Waals surface area contributed by atoms with Gasteiger partial charge in [0.25, 0.3) is 0 Å². The van der Waals surface area contributed by atoms with Gasteiger partial charge in [0.1, 0.15) is 0 Å². The minimum atomic E-state index is -0.184. The van der Waals surface area contributed by atoms with E-state index in [2.05, 4.69) is 20.8 Å². The SMILES string of the molecule is C/C=C/C=C/C(=O)Nc1cccc(-c2nnnn2C)c1. The Morgan fingerprint density at radius 1 is 1.35 bits per heavy atom. The molecule has 1 N–H and O–H groups in total. The number of benzene rings is 1. The van der Waals surface area contributed by atoms with E-state index in [-0.39, 0.29) is 5.91 Å². The van der Waals surface area contributed by atoms with Gasteiger partial charge in [0.15, 0.2) is 5.82 Å². The predicted octanol–water partition coefficient (Wildman–Crippen LogP) is 1.95. The van der Waals surface area contributed by atoms with Gasteiger partial charge >= 0.3 is 0 Å². The largest absolute Gasteiger partial charge is 0.322 e. The van der Waals surface area contributed by atoms with Crippen molar-refractivity contribution < 1.29 is 4.79 Å². The second-order valence-electron chi connectivity index (χ2n) is 4.08. The van der Waals surface area contributed by atoms with Gasteiger partial charge in [-0.25, -0.2) is 4.68 Å². The van der Waals surface area contributed by atoms with E-state index in [4.69, 9.17) is 0 Å². The van der Waals surface area contributed by atoms with Gasteiger partial charge < -0.3 is 5.32 Å². The Balaban J connectivity index is 2.15. The van der Waals surface area contributed by atoms with E-state index in [1.54, 1.807) is 23.9 Å². The lowest BCUT2D eigenvalue weighted by molar-refractivity contribution is -0.111. The summed E-state index contributed by atoms with van der Waals surface area (Å²) < 4.78 is 1.58. The van der Waals surface area contributed by atoms with Crippen LogP contribution in [0, 0.1) is 0 Å². The smallest absolute Gasteiger partial charge is 0.248 e. The van der Waals surface area contributed by atoms with E-state index in [0.29, 0.717) is 11.5 Å². The number of rotatable bonds is 4. The summed E-state index contributed by atoms with van der Waals surface area (Å²) in [6.45, 7) is 1.89. The van der Waals surface area contributed by atoms with Crippen LogP contribution in [-0.2, 0) is 11.8 Å². The van der Waals surface area contributed by atoms with Crippen LogP contribution in [0.5, 0.6) is 0 Å². The lowest BCUT2D eigenvalue weighted by Crippen LogP contribution is -2.07. The van der Waals surface area contributed by atoms with Crippen molar-refractivity contribution in [3.63, 3.8) is 0 Å². The summed E-state index contributed by atoms with van der Waals surface area (Å²) in [5.41, 5.74) is 1.54. The molecular formula is C14H15N5O. The molecule has 0 saturated heterocycles. The zero-order valence-corrected chi connectivity index (χ0v) is 11.3. The highest BCUT2D eigenvalue weighted by Crippen LogP contribution is 2.19. The molecular weight excluding hydrogens is 254 g/mol. The van der Waals surface area contributed by atoms with Crippen LogP contribution in [0.4, 0.5) is 5.69 Å². The predicted molar refractivity (Wildman–Crippen MR) is 76.8 cm³/mol. The third-order valence-corrected chi connectivity index (χ3v) is 2.56. The van der Waals surface area contributed by atoms with Crippen molar-refractivity contribution >= 4 is 11.6 Å². The zero-order valence-electron chi connectivity index (χ0n) is 11.3. The molecule has 0 radical (unpaired) electrons. The Hall–Kier alpha value is -2.76. The Bertz CT molecular complexity index is 657. The molecule has 20 heavy (non-hydrogen) atoms. The van der Waals surface area contributed by atoms with Crippen LogP contribution in [-0.4, -0.2) is 26.1 Å². The average molecular weight is 269 g/mol. The third-order valence-electron chi connectivity index (χ3n) is 2.56. The molecule has 0 fully saturated rings. The molecule has 2 rings (SSSR count). The Labute approximate surface area is 116 Å². The van der Waals surface area contributed by atoms with Crippen LogP contribution < -0.4 is 5.32 Å². The van der Waals surface area contributed by atoms with Crippen molar-refractivity contribution in [2.45, 2.75) is 6.92 Å². The molecule has 0 spiro atoms. The maximum atomic E-state index is 11.7. The molecule has 2 aromatic rings. The first kappa shape index (κ1) is 13.7. The van der Waals surface area contributed by atoms with E-state index in [9.17, 15) is 4.79 Å². The number of hydrogen-bond donors (Lipinski definition) is 1. The molecule has 0 atom stereocenters. The molecule has 6 nitrogen and oxygen atoms in total. The minimum Gasteiger partial charge on any atom is -0.322 e. The van der Waals surface area contributed by atoms with Gasteiger partial charge in [-0.3, -0.25) is 4.79 Å². The van der Waals surface area contributed by atoms with Crippen molar-refractivity contribution in [1.29, 1.82) is 0 Å². The Morgan fingerprint density at radius 2 is 2.20 bits per heavy atom. The van der Waals surface area contributed by atoms with Gasteiger partial charge in [-0.05, 0) is 29.5 Å². The van der Waals surface area contributed by atoms with Crippen molar-refractivity contribution in [1.82, 2.24) is 20.2 Å². The summed E-state index contributed by atoms with van der Waals surface area (Å²) in [7, 11) is 1.76. The molecule has 1 amide bonds. The highest BCUT2D eigenvalue weighted by atomic mass is 16.1. The zero-order chi connectivity index (χ0) is 14.4. The fourth-order valence-electron chi connectivity index (χ4n) is 1.65. The van der Waals surface area contributed by atoms with Gasteiger partial charge in [0.05, 0.1) is 0 Å². The van der Waals surface area contributed by atoms with E-state index in [1.807, 2.05) is 37.3 Å². The summed E-state index contributed by atoms with van der Waals surface area (Å²) in [5, 5.41) is 14.1. The van der Waals surface area contributed by atoms with E-state index in [0.717, 1.165) is 5.56 Å². The number of nitrogens with zero attached hydrogens (tertiary/aromatic N) is 4. The number of anilines is 1. The van der Waals surface area contributed by atoms with Crippen LogP contribution in [0.2, 0.25) is 0 Å². The molecule has 102 valence electrons. The number of amides is 1. The van der Waals surface area contributed by atoms with Crippen LogP contribution in [0.25, 0.3) is 11.4 Å². The van der Waals surface area contributed by atoms with Gasteiger partial charge in [-0.15, -0.1) is 5.10 Å². The van der Waals surface area contributed by atoms with E-state index in [1.165, 1.54) is 6.08 Å². The summed E-state index contributed by atoms with van der Waals surface area (Å²) in [4.78, 5) is 11.7. The van der Waals surface area contributed by atoms with Crippen molar-refractivity contribution in [2.24, 2.45) is 7.05 Å². The Morgan fingerprint density at radius 3 is 2.90 bits per heavy atom. The number of nitrogens with one attached hydrogen (secondary N) is 1. The van der Waals surface area contributed by atoms with Crippen molar-refractivity contribution in [2.75, 3.05) is 5.32 Å². The van der Waals surface area contributed by atoms with Crippen molar-refractivity contribution in [3.05, 3.63) is 48.6 Å². The van der Waals surface area contributed by atoms with E-state index >= 15 is 0 Å². The first-order valence-corrected chi connectivity index (χ1v) is 6.14. The molecule has 1 aromatic heterocycles. The molecule has 6 heteroatoms. The summed E-state index contributed by atoms with van der Waals surface area (Å²) in [5.74, 6) is 0.460. The van der Waals surface area contributed by atoms with Crippen LogP contribution in [0.3, 0.4) is 0 Å². The fourth-order valence-corrected chi connectivity index (χ4v) is 1.65. The second-order valence-corrected chi connectivity index (χ2v) is 4.08. The number of carbonyl (C=O) groups excluding carboxylic acids is 1.